The Kier molecular flexibility index (Phi) is 14.2. The van der Waals surface area contributed by atoms with Crippen LogP contribution in [-0.2, 0) is 36.7 Å². The van der Waals surface area contributed by atoms with E-state index in [0.29, 0.717) is 0 Å². The fraction of sp³-hybridized carbons (Fsp3) is 0.667. The van der Waals surface area contributed by atoms with Crippen molar-refractivity contribution in [3.63, 3.8) is 0 Å². The van der Waals surface area contributed by atoms with Crippen molar-refractivity contribution >= 4 is 10.1 Å². The summed E-state index contributed by atoms with van der Waals surface area (Å²) in [5, 5.41) is 0. The maximum atomic E-state index is 11.9. The van der Waals surface area contributed by atoms with E-state index in [1.807, 2.05) is 0 Å². The van der Waals surface area contributed by atoms with Gasteiger partial charge in [0.25, 0.3) is 10.1 Å². The van der Waals surface area contributed by atoms with Crippen LogP contribution in [0.5, 0.6) is 0 Å². The first kappa shape index (κ1) is 22.9. The molecule has 0 unspecified atom stereocenters. The van der Waals surface area contributed by atoms with Gasteiger partial charge in [-0.15, -0.1) is 0 Å². The van der Waals surface area contributed by atoms with E-state index in [9.17, 15) is 8.42 Å². The van der Waals surface area contributed by atoms with Gasteiger partial charge in [-0.3, -0.25) is 4.18 Å². The minimum absolute atomic E-state index is 0. The van der Waals surface area contributed by atoms with Gasteiger partial charge in [0.2, 0.25) is 0 Å². The van der Waals surface area contributed by atoms with Gasteiger partial charge in [0.05, 0.1) is 11.5 Å². The Morgan fingerprint density at radius 1 is 0.783 bits per heavy atom. The smallest absolute Gasteiger partial charge is 0.266 e. The topological polar surface area (TPSA) is 43.4 Å². The quantitative estimate of drug-likeness (QED) is 0.240. The van der Waals surface area contributed by atoms with Crippen molar-refractivity contribution < 1.29 is 35.0 Å². The van der Waals surface area contributed by atoms with Gasteiger partial charge >= 0.3 is 0 Å². The van der Waals surface area contributed by atoms with Gasteiger partial charge in [-0.2, -0.15) is 8.42 Å². The van der Waals surface area contributed by atoms with E-state index in [2.05, 4.69) is 6.92 Å². The van der Waals surface area contributed by atoms with Crippen LogP contribution in [0.1, 0.15) is 71.1 Å². The molecule has 0 N–H and O–H groups in total. The molecule has 5 heteroatoms. The minimum atomic E-state index is -3.57. The molecular weight excluding hydrogens is 404 g/mol. The Morgan fingerprint density at radius 3 is 1.78 bits per heavy atom. The molecule has 1 aromatic rings. The van der Waals surface area contributed by atoms with Gasteiger partial charge in [0.15, 0.2) is 0 Å². The third-order valence-corrected chi connectivity index (χ3v) is 5.09. The maximum Gasteiger partial charge on any atom is 0.296 e. The molecule has 0 spiro atoms. The Morgan fingerprint density at radius 2 is 1.26 bits per heavy atom. The third kappa shape index (κ3) is 11.1. The Labute approximate surface area is 157 Å². The van der Waals surface area contributed by atoms with E-state index >= 15 is 0 Å². The van der Waals surface area contributed by atoms with E-state index in [-0.39, 0.29) is 33.9 Å². The molecule has 0 fully saturated rings. The van der Waals surface area contributed by atoms with Crippen LogP contribution < -0.4 is 0 Å². The number of benzene rings is 1. The molecule has 0 aromatic heterocycles. The van der Waals surface area contributed by atoms with Crippen LogP contribution in [0.3, 0.4) is 0 Å². The molecule has 0 aliphatic carbocycles. The molecule has 23 heavy (non-hydrogen) atoms. The number of hydrogen-bond acceptors (Lipinski definition) is 3. The van der Waals surface area contributed by atoms with Gasteiger partial charge in [0.1, 0.15) is 0 Å². The van der Waals surface area contributed by atoms with E-state index in [4.69, 9.17) is 4.18 Å². The second-order valence-electron chi connectivity index (χ2n) is 5.77. The van der Waals surface area contributed by atoms with Crippen LogP contribution in [-0.4, -0.2) is 15.0 Å². The molecule has 0 saturated carbocycles. The number of hydrogen-bond donors (Lipinski definition) is 0. The van der Waals surface area contributed by atoms with Crippen LogP contribution >= 0.6 is 0 Å². The van der Waals surface area contributed by atoms with Crippen LogP contribution in [0.2, 0.25) is 0 Å². The summed E-state index contributed by atoms with van der Waals surface area (Å²) in [6, 6.07) is 8.33. The fourth-order valence-electron chi connectivity index (χ4n) is 2.41. The monoisotopic (exact) mass is 433 g/mol. The third-order valence-electron chi connectivity index (χ3n) is 3.77. The molecule has 1 radical (unpaired) electrons. The average molecular weight is 434 g/mol. The second-order valence-corrected chi connectivity index (χ2v) is 7.39. The van der Waals surface area contributed by atoms with E-state index in [0.717, 1.165) is 12.8 Å². The molecule has 0 aliphatic heterocycles. The zero-order valence-electron chi connectivity index (χ0n) is 14.1. The standard InChI is InChI=1S/C18H30O3S.Ag/c1-2-3-4-5-6-7-8-9-10-14-17-21-22(19,20)18-15-12-11-13-16-18;/h11-13,15-16H,2-10,14,17H2,1H3;. The largest absolute Gasteiger partial charge is 0.296 e. The summed E-state index contributed by atoms with van der Waals surface area (Å²) in [5.41, 5.74) is 0. The zero-order chi connectivity index (χ0) is 16.1. The average Bonchev–Trinajstić information content (AvgIpc) is 2.53. The Hall–Kier alpha value is -0.130. The second kappa shape index (κ2) is 14.2. The molecule has 0 aliphatic rings. The van der Waals surface area contributed by atoms with E-state index < -0.39 is 10.1 Å². The van der Waals surface area contributed by atoms with Crippen LogP contribution in [0.4, 0.5) is 0 Å². The van der Waals surface area contributed by atoms with Gasteiger partial charge in [0, 0.05) is 22.4 Å². The molecule has 137 valence electrons. The molecule has 0 amide bonds. The van der Waals surface area contributed by atoms with Crippen molar-refractivity contribution in [3.05, 3.63) is 30.3 Å². The molecule has 0 heterocycles. The summed E-state index contributed by atoms with van der Waals surface area (Å²) < 4.78 is 28.8. The minimum Gasteiger partial charge on any atom is -0.266 e. The predicted molar refractivity (Wildman–Crippen MR) is 91.4 cm³/mol. The molecule has 1 rings (SSSR count). The Bertz CT molecular complexity index is 474. The zero-order valence-corrected chi connectivity index (χ0v) is 16.4. The van der Waals surface area contributed by atoms with E-state index in [1.165, 1.54) is 51.4 Å². The predicted octanol–water partition coefficient (Wildman–Crippen LogP) is 5.31. The van der Waals surface area contributed by atoms with Crippen molar-refractivity contribution in [3.8, 4) is 0 Å². The Balaban J connectivity index is 0.00000484. The number of rotatable bonds is 13. The van der Waals surface area contributed by atoms with Gasteiger partial charge < -0.3 is 0 Å². The molecule has 3 nitrogen and oxygen atoms in total. The van der Waals surface area contributed by atoms with E-state index in [1.54, 1.807) is 30.3 Å². The maximum absolute atomic E-state index is 11.9. The summed E-state index contributed by atoms with van der Waals surface area (Å²) in [5.74, 6) is 0. The first-order valence-corrected chi connectivity index (χ1v) is 10.0. The van der Waals surface area contributed by atoms with Crippen LogP contribution in [0, 0.1) is 0 Å². The van der Waals surface area contributed by atoms with Crippen LogP contribution in [0.25, 0.3) is 0 Å². The first-order chi connectivity index (χ1) is 10.7. The van der Waals surface area contributed by atoms with Crippen molar-refractivity contribution in [1.29, 1.82) is 0 Å². The van der Waals surface area contributed by atoms with Gasteiger partial charge in [-0.05, 0) is 18.6 Å². The van der Waals surface area contributed by atoms with Gasteiger partial charge in [-0.1, -0.05) is 82.9 Å². The fourth-order valence-corrected chi connectivity index (χ4v) is 3.38. The number of unbranched alkanes of at least 4 members (excludes halogenated alkanes) is 9. The summed E-state index contributed by atoms with van der Waals surface area (Å²) >= 11 is 0. The SMILES string of the molecule is CCCCCCCCCCCCOS(=O)(=O)c1ccccc1.[Ag]. The summed E-state index contributed by atoms with van der Waals surface area (Å²) in [6.07, 6.45) is 12.3. The molecule has 1 aromatic carbocycles. The molecule has 0 bridgehead atoms. The summed E-state index contributed by atoms with van der Waals surface area (Å²) in [4.78, 5) is 0.238. The molecule has 0 saturated heterocycles. The van der Waals surface area contributed by atoms with Crippen molar-refractivity contribution in [2.75, 3.05) is 6.61 Å². The molecule has 0 atom stereocenters. The molecular formula is C18H30AgO3S. The summed E-state index contributed by atoms with van der Waals surface area (Å²) in [7, 11) is -3.57. The van der Waals surface area contributed by atoms with Gasteiger partial charge in [-0.25, -0.2) is 0 Å². The van der Waals surface area contributed by atoms with Crippen LogP contribution in [0.15, 0.2) is 35.2 Å². The van der Waals surface area contributed by atoms with Crippen molar-refractivity contribution in [2.45, 2.75) is 76.0 Å². The summed E-state index contributed by atoms with van der Waals surface area (Å²) in [6.45, 7) is 2.52. The normalized spacial score (nSPS) is 11.2. The first-order valence-electron chi connectivity index (χ1n) is 8.61. The van der Waals surface area contributed by atoms with Crippen molar-refractivity contribution in [2.24, 2.45) is 0 Å². The van der Waals surface area contributed by atoms with Crippen molar-refractivity contribution in [1.82, 2.24) is 0 Å².